The van der Waals surface area contributed by atoms with Crippen LogP contribution < -0.4 is 5.73 Å². The van der Waals surface area contributed by atoms with Crippen molar-refractivity contribution in [1.29, 1.82) is 0 Å². The van der Waals surface area contributed by atoms with E-state index in [1.807, 2.05) is 6.07 Å². The van der Waals surface area contributed by atoms with E-state index >= 15 is 0 Å². The van der Waals surface area contributed by atoms with Gasteiger partial charge < -0.3 is 5.73 Å². The minimum absolute atomic E-state index is 0.129. The number of aromatic nitrogens is 1. The Kier molecular flexibility index (Phi) is 6.36. The average molecular weight is 266 g/mol. The first-order valence-electron chi connectivity index (χ1n) is 6.57. The van der Waals surface area contributed by atoms with Gasteiger partial charge in [0.05, 0.1) is 0 Å². The molecule has 100 valence electrons. The van der Waals surface area contributed by atoms with Crippen LogP contribution in [-0.2, 0) is 6.42 Å². The van der Waals surface area contributed by atoms with Gasteiger partial charge in [-0.25, -0.2) is 0 Å². The third-order valence-electron chi connectivity index (χ3n) is 2.99. The van der Waals surface area contributed by atoms with Gasteiger partial charge in [-0.2, -0.15) is 0 Å². The zero-order valence-corrected chi connectivity index (χ0v) is 12.0. The first-order chi connectivity index (χ1) is 8.60. The van der Waals surface area contributed by atoms with Gasteiger partial charge in [-0.05, 0) is 30.4 Å². The SMILES string of the molecule is CCCCc1cnc(C(=O)S)c(C(N)CCC)c1. The first kappa shape index (κ1) is 15.2. The second kappa shape index (κ2) is 7.54. The van der Waals surface area contributed by atoms with Gasteiger partial charge >= 0.3 is 0 Å². The second-order valence-electron chi connectivity index (χ2n) is 4.59. The zero-order valence-electron chi connectivity index (χ0n) is 11.1. The fourth-order valence-corrected chi connectivity index (χ4v) is 2.16. The van der Waals surface area contributed by atoms with Gasteiger partial charge in [-0.1, -0.05) is 45.4 Å². The van der Waals surface area contributed by atoms with Crippen LogP contribution in [0.15, 0.2) is 12.3 Å². The maximum atomic E-state index is 11.4. The molecule has 0 amide bonds. The van der Waals surface area contributed by atoms with Crippen LogP contribution in [0.25, 0.3) is 0 Å². The average Bonchev–Trinajstić information content (AvgIpc) is 2.36. The molecule has 0 aliphatic carbocycles. The predicted octanol–water partition coefficient (Wildman–Crippen LogP) is 3.29. The van der Waals surface area contributed by atoms with Crippen LogP contribution in [0.3, 0.4) is 0 Å². The van der Waals surface area contributed by atoms with Crippen molar-refractivity contribution in [3.05, 3.63) is 29.1 Å². The lowest BCUT2D eigenvalue weighted by Gasteiger charge is -2.15. The fourth-order valence-electron chi connectivity index (χ4n) is 1.97. The van der Waals surface area contributed by atoms with E-state index in [0.717, 1.165) is 43.2 Å². The molecule has 0 fully saturated rings. The molecular formula is C14H22N2OS. The highest BCUT2D eigenvalue weighted by Gasteiger charge is 2.16. The molecule has 2 N–H and O–H groups in total. The molecule has 4 heteroatoms. The van der Waals surface area contributed by atoms with Gasteiger partial charge in [0.1, 0.15) is 5.69 Å². The van der Waals surface area contributed by atoms with E-state index in [1.54, 1.807) is 6.20 Å². The van der Waals surface area contributed by atoms with Crippen molar-refractivity contribution in [2.24, 2.45) is 5.73 Å². The number of hydrogen-bond donors (Lipinski definition) is 2. The van der Waals surface area contributed by atoms with E-state index in [9.17, 15) is 4.79 Å². The summed E-state index contributed by atoms with van der Waals surface area (Å²) >= 11 is 3.87. The van der Waals surface area contributed by atoms with Gasteiger partial charge in [0.15, 0.2) is 0 Å². The van der Waals surface area contributed by atoms with Crippen LogP contribution in [0, 0.1) is 0 Å². The summed E-state index contributed by atoms with van der Waals surface area (Å²) in [6.45, 7) is 4.24. The Morgan fingerprint density at radius 3 is 2.72 bits per heavy atom. The van der Waals surface area contributed by atoms with Crippen molar-refractivity contribution in [3.63, 3.8) is 0 Å². The molecule has 1 aromatic rings. The Morgan fingerprint density at radius 2 is 2.17 bits per heavy atom. The minimum atomic E-state index is -0.307. The molecule has 0 radical (unpaired) electrons. The number of unbranched alkanes of at least 4 members (excludes halogenated alkanes) is 1. The number of carbonyl (C=O) groups excluding carboxylic acids is 1. The molecule has 0 bridgehead atoms. The standard InChI is InChI=1S/C14H22N2OS/c1-3-5-7-10-8-11(12(15)6-4-2)13(14(17)18)16-9-10/h8-9,12H,3-7,15H2,1-2H3,(H,17,18). The Bertz CT molecular complexity index is 407. The van der Waals surface area contributed by atoms with Crippen molar-refractivity contribution in [3.8, 4) is 0 Å². The maximum Gasteiger partial charge on any atom is 0.235 e. The van der Waals surface area contributed by atoms with Crippen molar-refractivity contribution in [1.82, 2.24) is 4.98 Å². The van der Waals surface area contributed by atoms with Crippen molar-refractivity contribution in [2.45, 2.75) is 52.0 Å². The van der Waals surface area contributed by atoms with Crippen LogP contribution in [0.4, 0.5) is 0 Å². The number of hydrogen-bond acceptors (Lipinski definition) is 3. The Labute approximate surface area is 115 Å². The number of aryl methyl sites for hydroxylation is 1. The number of carbonyl (C=O) groups is 1. The summed E-state index contributed by atoms with van der Waals surface area (Å²) in [6.07, 6.45) is 6.85. The summed E-state index contributed by atoms with van der Waals surface area (Å²) in [6, 6.07) is 1.89. The number of nitrogens with two attached hydrogens (primary N) is 1. The summed E-state index contributed by atoms with van der Waals surface area (Å²) in [5.41, 5.74) is 8.51. The van der Waals surface area contributed by atoms with Gasteiger partial charge in [-0.15, -0.1) is 0 Å². The van der Waals surface area contributed by atoms with E-state index in [-0.39, 0.29) is 11.2 Å². The van der Waals surface area contributed by atoms with E-state index in [1.165, 1.54) is 0 Å². The molecular weight excluding hydrogens is 244 g/mol. The second-order valence-corrected chi connectivity index (χ2v) is 4.99. The molecule has 0 aliphatic heterocycles. The molecule has 3 nitrogen and oxygen atoms in total. The molecule has 0 saturated heterocycles. The topological polar surface area (TPSA) is 56.0 Å². The molecule has 1 unspecified atom stereocenters. The third-order valence-corrected chi connectivity index (χ3v) is 3.21. The minimum Gasteiger partial charge on any atom is -0.324 e. The van der Waals surface area contributed by atoms with Gasteiger partial charge in [0, 0.05) is 12.2 Å². The van der Waals surface area contributed by atoms with Crippen molar-refractivity contribution >= 4 is 17.7 Å². The van der Waals surface area contributed by atoms with E-state index in [2.05, 4.69) is 31.5 Å². The molecule has 1 rings (SSSR count). The molecule has 18 heavy (non-hydrogen) atoms. The summed E-state index contributed by atoms with van der Waals surface area (Å²) in [5, 5.41) is -0.307. The Balaban J connectivity index is 3.03. The third kappa shape index (κ3) is 4.10. The molecule has 1 atom stereocenters. The summed E-state index contributed by atoms with van der Waals surface area (Å²) in [4.78, 5) is 15.7. The quantitative estimate of drug-likeness (QED) is 0.745. The monoisotopic (exact) mass is 266 g/mol. The van der Waals surface area contributed by atoms with Crippen molar-refractivity contribution < 1.29 is 4.79 Å². The number of thiol groups is 1. The normalized spacial score (nSPS) is 12.4. The largest absolute Gasteiger partial charge is 0.324 e. The van der Waals surface area contributed by atoms with Gasteiger partial charge in [-0.3, -0.25) is 9.78 Å². The van der Waals surface area contributed by atoms with E-state index in [4.69, 9.17) is 5.73 Å². The van der Waals surface area contributed by atoms with Crippen molar-refractivity contribution in [2.75, 3.05) is 0 Å². The fraction of sp³-hybridized carbons (Fsp3) is 0.571. The van der Waals surface area contributed by atoms with Crippen LogP contribution in [-0.4, -0.2) is 10.1 Å². The highest BCUT2D eigenvalue weighted by Crippen LogP contribution is 2.22. The molecule has 1 aromatic heterocycles. The zero-order chi connectivity index (χ0) is 13.5. The van der Waals surface area contributed by atoms with E-state index < -0.39 is 0 Å². The van der Waals surface area contributed by atoms with Gasteiger partial charge in [0.2, 0.25) is 5.12 Å². The first-order valence-corrected chi connectivity index (χ1v) is 7.02. The Morgan fingerprint density at radius 1 is 1.44 bits per heavy atom. The van der Waals surface area contributed by atoms with E-state index in [0.29, 0.717) is 5.69 Å². The molecule has 1 heterocycles. The number of pyridine rings is 1. The highest BCUT2D eigenvalue weighted by molar-refractivity contribution is 7.97. The lowest BCUT2D eigenvalue weighted by Crippen LogP contribution is -2.15. The van der Waals surface area contributed by atoms with Crippen LogP contribution >= 0.6 is 12.6 Å². The molecule has 0 aliphatic rings. The number of rotatable bonds is 7. The summed E-state index contributed by atoms with van der Waals surface area (Å²) in [7, 11) is 0. The summed E-state index contributed by atoms with van der Waals surface area (Å²) in [5.74, 6) is 0. The molecule has 0 aromatic carbocycles. The van der Waals surface area contributed by atoms with Crippen LogP contribution in [0.1, 0.15) is 67.2 Å². The Hall–Kier alpha value is -0.870. The van der Waals surface area contributed by atoms with Crippen LogP contribution in [0.5, 0.6) is 0 Å². The lowest BCUT2D eigenvalue weighted by atomic mass is 9.98. The smallest absolute Gasteiger partial charge is 0.235 e. The number of nitrogens with zero attached hydrogens (tertiary/aromatic N) is 1. The predicted molar refractivity (Wildman–Crippen MR) is 78.0 cm³/mol. The molecule has 0 saturated carbocycles. The lowest BCUT2D eigenvalue weighted by molar-refractivity contribution is 0.108. The maximum absolute atomic E-state index is 11.4. The van der Waals surface area contributed by atoms with Crippen LogP contribution in [0.2, 0.25) is 0 Å². The van der Waals surface area contributed by atoms with Gasteiger partial charge in [0.25, 0.3) is 0 Å². The summed E-state index contributed by atoms with van der Waals surface area (Å²) < 4.78 is 0. The molecule has 0 spiro atoms. The highest BCUT2D eigenvalue weighted by atomic mass is 32.1.